The third-order valence-corrected chi connectivity index (χ3v) is 4.20. The molecule has 0 radical (unpaired) electrons. The van der Waals surface area contributed by atoms with Crippen LogP contribution in [-0.2, 0) is 10.5 Å². The Labute approximate surface area is 113 Å². The maximum Gasteiger partial charge on any atom is 0.323 e. The van der Waals surface area contributed by atoms with Crippen molar-refractivity contribution in [2.24, 2.45) is 5.73 Å². The first kappa shape index (κ1) is 15.1. The Bertz CT molecular complexity index is 418. The van der Waals surface area contributed by atoms with E-state index >= 15 is 0 Å². The summed E-state index contributed by atoms with van der Waals surface area (Å²) in [4.78, 5) is 11.0. The molecule has 2 atom stereocenters. The van der Waals surface area contributed by atoms with Crippen molar-refractivity contribution in [3.05, 3.63) is 35.4 Å². The molecule has 0 aliphatic heterocycles. The summed E-state index contributed by atoms with van der Waals surface area (Å²) in [6, 6.07) is 8.24. The first-order chi connectivity index (χ1) is 8.33. The molecule has 4 heteroatoms. The van der Waals surface area contributed by atoms with Crippen LogP contribution in [0.15, 0.2) is 24.3 Å². The number of nitrogens with two attached hydrogens (primary N) is 1. The molecule has 3 nitrogen and oxygen atoms in total. The number of carboxylic acids is 1. The second kappa shape index (κ2) is 6.25. The van der Waals surface area contributed by atoms with Crippen LogP contribution in [0.5, 0.6) is 0 Å². The summed E-state index contributed by atoms with van der Waals surface area (Å²) in [6.07, 6.45) is 0.471. The molecule has 0 aromatic heterocycles. The molecule has 100 valence electrons. The Morgan fingerprint density at radius 2 is 2.11 bits per heavy atom. The van der Waals surface area contributed by atoms with Gasteiger partial charge in [-0.1, -0.05) is 31.2 Å². The number of hydrogen-bond donors (Lipinski definition) is 2. The van der Waals surface area contributed by atoms with E-state index in [4.69, 9.17) is 10.8 Å². The van der Waals surface area contributed by atoms with Gasteiger partial charge in [-0.3, -0.25) is 4.79 Å². The van der Waals surface area contributed by atoms with E-state index in [1.807, 2.05) is 19.1 Å². The molecule has 3 N–H and O–H groups in total. The van der Waals surface area contributed by atoms with Crippen molar-refractivity contribution in [1.29, 1.82) is 0 Å². The van der Waals surface area contributed by atoms with Gasteiger partial charge in [0.1, 0.15) is 5.54 Å². The van der Waals surface area contributed by atoms with E-state index in [1.165, 1.54) is 11.1 Å². The Morgan fingerprint density at radius 3 is 2.67 bits per heavy atom. The predicted octanol–water partition coefficient (Wildman–Crippen LogP) is 2.81. The quantitative estimate of drug-likeness (QED) is 0.832. The molecular formula is C14H21NO2S. The monoisotopic (exact) mass is 267 g/mol. The number of hydrogen-bond acceptors (Lipinski definition) is 3. The van der Waals surface area contributed by atoms with Crippen molar-refractivity contribution in [2.75, 3.05) is 0 Å². The maximum absolute atomic E-state index is 11.0. The van der Waals surface area contributed by atoms with Crippen LogP contribution in [0.2, 0.25) is 0 Å². The van der Waals surface area contributed by atoms with E-state index in [9.17, 15) is 4.79 Å². The van der Waals surface area contributed by atoms with Gasteiger partial charge < -0.3 is 10.8 Å². The van der Waals surface area contributed by atoms with Crippen LogP contribution in [0.3, 0.4) is 0 Å². The van der Waals surface area contributed by atoms with E-state index in [0.717, 1.165) is 5.75 Å². The van der Waals surface area contributed by atoms with Crippen LogP contribution in [0.1, 0.15) is 31.4 Å². The average molecular weight is 267 g/mol. The van der Waals surface area contributed by atoms with E-state index in [0.29, 0.717) is 6.42 Å². The van der Waals surface area contributed by atoms with Crippen LogP contribution in [0, 0.1) is 6.92 Å². The second-order valence-electron chi connectivity index (χ2n) is 4.97. The van der Waals surface area contributed by atoms with Gasteiger partial charge >= 0.3 is 5.97 Å². The molecule has 0 aliphatic rings. The number of carboxylic acid groups (broad SMARTS) is 1. The maximum atomic E-state index is 11.0. The highest BCUT2D eigenvalue weighted by atomic mass is 32.2. The topological polar surface area (TPSA) is 63.3 Å². The fourth-order valence-electron chi connectivity index (χ4n) is 1.75. The van der Waals surface area contributed by atoms with E-state index < -0.39 is 11.5 Å². The highest BCUT2D eigenvalue weighted by Gasteiger charge is 2.29. The number of aryl methyl sites for hydroxylation is 1. The predicted molar refractivity (Wildman–Crippen MR) is 76.8 cm³/mol. The zero-order chi connectivity index (χ0) is 13.8. The smallest absolute Gasteiger partial charge is 0.323 e. The highest BCUT2D eigenvalue weighted by molar-refractivity contribution is 7.99. The van der Waals surface area contributed by atoms with Crippen LogP contribution in [0.25, 0.3) is 0 Å². The van der Waals surface area contributed by atoms with Crippen molar-refractivity contribution < 1.29 is 9.90 Å². The average Bonchev–Trinajstić information content (AvgIpc) is 2.27. The summed E-state index contributed by atoms with van der Waals surface area (Å²) >= 11 is 1.74. The lowest BCUT2D eigenvalue weighted by Crippen LogP contribution is -2.46. The molecule has 18 heavy (non-hydrogen) atoms. The molecule has 2 unspecified atom stereocenters. The first-order valence-electron chi connectivity index (χ1n) is 6.01. The number of carbonyl (C=O) groups is 1. The molecule has 0 aliphatic carbocycles. The normalized spacial score (nSPS) is 16.0. The van der Waals surface area contributed by atoms with Crippen molar-refractivity contribution in [3.8, 4) is 0 Å². The van der Waals surface area contributed by atoms with Crippen molar-refractivity contribution in [1.82, 2.24) is 0 Å². The van der Waals surface area contributed by atoms with Gasteiger partial charge in [-0.25, -0.2) is 0 Å². The zero-order valence-corrected chi connectivity index (χ0v) is 12.0. The number of thioether (sulfide) groups is 1. The van der Waals surface area contributed by atoms with E-state index in [1.54, 1.807) is 18.7 Å². The fourth-order valence-corrected chi connectivity index (χ4v) is 3.00. The molecule has 0 heterocycles. The van der Waals surface area contributed by atoms with Gasteiger partial charge in [-0.15, -0.1) is 0 Å². The Hall–Kier alpha value is -1.00. The van der Waals surface area contributed by atoms with Gasteiger partial charge in [0, 0.05) is 11.0 Å². The fraction of sp³-hybridized carbons (Fsp3) is 0.500. The molecule has 1 aromatic rings. The lowest BCUT2D eigenvalue weighted by Gasteiger charge is -2.23. The minimum atomic E-state index is -1.14. The second-order valence-corrected chi connectivity index (χ2v) is 6.40. The summed E-state index contributed by atoms with van der Waals surface area (Å²) in [5, 5.41) is 9.20. The molecular weight excluding hydrogens is 246 g/mol. The van der Waals surface area contributed by atoms with Crippen molar-refractivity contribution in [3.63, 3.8) is 0 Å². The number of rotatable bonds is 6. The first-order valence-corrected chi connectivity index (χ1v) is 7.06. The van der Waals surface area contributed by atoms with Crippen LogP contribution >= 0.6 is 11.8 Å². The standard InChI is InChI=1S/C14H21NO2S/c1-10-6-4-5-7-12(10)9-18-11(2)8-14(3,15)13(16)17/h4-7,11H,8-9,15H2,1-3H3,(H,16,17). The molecule has 0 fully saturated rings. The van der Waals surface area contributed by atoms with Gasteiger partial charge in [-0.2, -0.15) is 11.8 Å². The Morgan fingerprint density at radius 1 is 1.50 bits per heavy atom. The Kier molecular flexibility index (Phi) is 5.23. The van der Waals surface area contributed by atoms with Crippen LogP contribution in [0.4, 0.5) is 0 Å². The summed E-state index contributed by atoms with van der Waals surface area (Å²) in [6.45, 7) is 5.68. The molecule has 0 saturated carbocycles. The van der Waals surface area contributed by atoms with Gasteiger partial charge in [0.25, 0.3) is 0 Å². The third-order valence-electron chi connectivity index (χ3n) is 2.98. The van der Waals surface area contributed by atoms with E-state index in [-0.39, 0.29) is 5.25 Å². The van der Waals surface area contributed by atoms with Crippen LogP contribution < -0.4 is 5.73 Å². The van der Waals surface area contributed by atoms with Crippen LogP contribution in [-0.4, -0.2) is 21.9 Å². The summed E-state index contributed by atoms with van der Waals surface area (Å²) in [5.74, 6) is -0.0466. The van der Waals surface area contributed by atoms with E-state index in [2.05, 4.69) is 19.1 Å². The molecule has 1 rings (SSSR count). The van der Waals surface area contributed by atoms with Gasteiger partial charge in [0.15, 0.2) is 0 Å². The number of aliphatic carboxylic acids is 1. The SMILES string of the molecule is Cc1ccccc1CSC(C)CC(C)(N)C(=O)O. The molecule has 0 bridgehead atoms. The summed E-state index contributed by atoms with van der Waals surface area (Å²) in [5.41, 5.74) is 7.17. The minimum absolute atomic E-state index is 0.218. The summed E-state index contributed by atoms with van der Waals surface area (Å²) < 4.78 is 0. The molecule has 1 aromatic carbocycles. The van der Waals surface area contributed by atoms with Gasteiger partial charge in [0.05, 0.1) is 0 Å². The molecule has 0 amide bonds. The van der Waals surface area contributed by atoms with Gasteiger partial charge in [-0.05, 0) is 31.4 Å². The van der Waals surface area contributed by atoms with Crippen molar-refractivity contribution >= 4 is 17.7 Å². The zero-order valence-electron chi connectivity index (χ0n) is 11.1. The molecule has 0 spiro atoms. The molecule has 0 saturated heterocycles. The third kappa shape index (κ3) is 4.35. The van der Waals surface area contributed by atoms with Gasteiger partial charge in [0.2, 0.25) is 0 Å². The Balaban J connectivity index is 2.50. The largest absolute Gasteiger partial charge is 0.480 e. The number of benzene rings is 1. The summed E-state index contributed by atoms with van der Waals surface area (Å²) in [7, 11) is 0. The highest BCUT2D eigenvalue weighted by Crippen LogP contribution is 2.25. The minimum Gasteiger partial charge on any atom is -0.480 e. The lowest BCUT2D eigenvalue weighted by molar-refractivity contribution is -0.142. The lowest BCUT2D eigenvalue weighted by atomic mass is 9.98. The van der Waals surface area contributed by atoms with Crippen molar-refractivity contribution in [2.45, 2.75) is 43.7 Å².